The van der Waals surface area contributed by atoms with Gasteiger partial charge in [-0.1, -0.05) is 41.4 Å². The Kier molecular flexibility index (Phi) is 5.69. The van der Waals surface area contributed by atoms with Gasteiger partial charge < -0.3 is 4.74 Å². The van der Waals surface area contributed by atoms with E-state index < -0.39 is 10.0 Å². The molecule has 2 rings (SSSR count). The first kappa shape index (κ1) is 17.1. The van der Waals surface area contributed by atoms with Crippen LogP contribution in [-0.4, -0.2) is 32.9 Å². The van der Waals surface area contributed by atoms with Gasteiger partial charge in [-0.25, -0.2) is 8.42 Å². The molecule has 118 valence electrons. The average molecular weight is 360 g/mol. The molecule has 0 amide bonds. The van der Waals surface area contributed by atoms with Crippen molar-refractivity contribution in [2.24, 2.45) is 0 Å². The average Bonchev–Trinajstić information content (AvgIpc) is 2.50. The molecule has 0 aliphatic carbocycles. The maximum atomic E-state index is 12.4. The monoisotopic (exact) mass is 359 g/mol. The maximum absolute atomic E-state index is 12.4. The van der Waals surface area contributed by atoms with Crippen molar-refractivity contribution in [2.45, 2.75) is 4.90 Å². The molecule has 22 heavy (non-hydrogen) atoms. The molecular weight excluding hydrogens is 345 g/mol. The van der Waals surface area contributed by atoms with Crippen LogP contribution >= 0.6 is 23.2 Å². The molecule has 0 saturated heterocycles. The molecule has 0 aromatic heterocycles. The normalized spacial score (nSPS) is 11.6. The number of hydrogen-bond donors (Lipinski definition) is 0. The summed E-state index contributed by atoms with van der Waals surface area (Å²) in [7, 11) is -2.13. The Morgan fingerprint density at radius 1 is 1.05 bits per heavy atom. The summed E-state index contributed by atoms with van der Waals surface area (Å²) in [6.45, 7) is 0.471. The molecule has 0 spiro atoms. The molecule has 0 atom stereocenters. The van der Waals surface area contributed by atoms with Crippen LogP contribution in [0.25, 0.3) is 0 Å². The van der Waals surface area contributed by atoms with Crippen molar-refractivity contribution >= 4 is 33.2 Å². The van der Waals surface area contributed by atoms with E-state index in [-0.39, 0.29) is 23.1 Å². The topological polar surface area (TPSA) is 46.6 Å². The maximum Gasteiger partial charge on any atom is 0.242 e. The molecule has 0 fully saturated rings. The highest BCUT2D eigenvalue weighted by Gasteiger charge is 2.21. The number of benzene rings is 2. The first-order chi connectivity index (χ1) is 10.4. The van der Waals surface area contributed by atoms with E-state index in [1.54, 1.807) is 0 Å². The van der Waals surface area contributed by atoms with Gasteiger partial charge in [0.1, 0.15) is 12.4 Å². The lowest BCUT2D eigenvalue weighted by atomic mass is 10.3. The van der Waals surface area contributed by atoms with Gasteiger partial charge >= 0.3 is 0 Å². The quantitative estimate of drug-likeness (QED) is 0.789. The predicted molar refractivity (Wildman–Crippen MR) is 88.2 cm³/mol. The van der Waals surface area contributed by atoms with Crippen molar-refractivity contribution < 1.29 is 13.2 Å². The molecule has 0 N–H and O–H groups in total. The van der Waals surface area contributed by atoms with Crippen LogP contribution < -0.4 is 4.74 Å². The second-order valence-electron chi connectivity index (χ2n) is 4.56. The number of nitrogens with zero attached hydrogens (tertiary/aromatic N) is 1. The Morgan fingerprint density at radius 3 is 2.36 bits per heavy atom. The van der Waals surface area contributed by atoms with Crippen molar-refractivity contribution in [1.82, 2.24) is 4.31 Å². The zero-order valence-corrected chi connectivity index (χ0v) is 14.2. The summed E-state index contributed by atoms with van der Waals surface area (Å²) in [4.78, 5) is 0.101. The van der Waals surface area contributed by atoms with E-state index in [1.807, 2.05) is 30.3 Å². The second kappa shape index (κ2) is 7.33. The fraction of sp³-hybridized carbons (Fsp3) is 0.200. The van der Waals surface area contributed by atoms with Gasteiger partial charge in [-0.3, -0.25) is 0 Å². The molecule has 0 aliphatic heterocycles. The third kappa shape index (κ3) is 4.14. The highest BCUT2D eigenvalue weighted by molar-refractivity contribution is 7.89. The van der Waals surface area contributed by atoms with Crippen molar-refractivity contribution in [3.8, 4) is 5.75 Å². The Balaban J connectivity index is 2.01. The van der Waals surface area contributed by atoms with E-state index >= 15 is 0 Å². The first-order valence-electron chi connectivity index (χ1n) is 6.50. The summed E-state index contributed by atoms with van der Waals surface area (Å²) in [5.41, 5.74) is 0. The Morgan fingerprint density at radius 2 is 1.73 bits per heavy atom. The van der Waals surface area contributed by atoms with Gasteiger partial charge in [0.25, 0.3) is 0 Å². The minimum absolute atomic E-state index is 0.101. The van der Waals surface area contributed by atoms with Crippen molar-refractivity contribution in [2.75, 3.05) is 20.2 Å². The molecule has 0 aliphatic rings. The van der Waals surface area contributed by atoms with Crippen LogP contribution in [0.5, 0.6) is 5.75 Å². The van der Waals surface area contributed by atoms with Crippen LogP contribution in [0.3, 0.4) is 0 Å². The minimum atomic E-state index is -3.62. The Bertz CT molecular complexity index is 736. The Hall–Kier alpha value is -1.27. The SMILES string of the molecule is CN(CCOc1ccccc1)S(=O)(=O)c1ccc(Cl)c(Cl)c1. The number of para-hydroxylation sites is 1. The first-order valence-corrected chi connectivity index (χ1v) is 8.70. The summed E-state index contributed by atoms with van der Waals surface area (Å²) in [5, 5.41) is 0.521. The van der Waals surface area contributed by atoms with E-state index in [0.29, 0.717) is 10.8 Å². The van der Waals surface area contributed by atoms with Crippen molar-refractivity contribution in [1.29, 1.82) is 0 Å². The second-order valence-corrected chi connectivity index (χ2v) is 7.42. The number of ether oxygens (including phenoxy) is 1. The number of rotatable bonds is 6. The van der Waals surface area contributed by atoms with Crippen molar-refractivity contribution in [3.05, 3.63) is 58.6 Å². The molecule has 2 aromatic carbocycles. The fourth-order valence-corrected chi connectivity index (χ4v) is 3.29. The zero-order valence-electron chi connectivity index (χ0n) is 11.9. The van der Waals surface area contributed by atoms with Crippen LogP contribution in [0.4, 0.5) is 0 Å². The van der Waals surface area contributed by atoms with Gasteiger partial charge in [0.2, 0.25) is 10.0 Å². The predicted octanol–water partition coefficient (Wildman–Crippen LogP) is 3.69. The van der Waals surface area contributed by atoms with Gasteiger partial charge in [0.05, 0.1) is 14.9 Å². The number of halogens is 2. The van der Waals surface area contributed by atoms with Crippen LogP contribution in [0.2, 0.25) is 10.0 Å². The van der Waals surface area contributed by atoms with E-state index in [1.165, 1.54) is 29.6 Å². The van der Waals surface area contributed by atoms with Crippen LogP contribution in [0.1, 0.15) is 0 Å². The van der Waals surface area contributed by atoms with Gasteiger partial charge in [0, 0.05) is 13.6 Å². The lowest BCUT2D eigenvalue weighted by molar-refractivity contribution is 0.287. The molecule has 0 bridgehead atoms. The molecule has 4 nitrogen and oxygen atoms in total. The summed E-state index contributed by atoms with van der Waals surface area (Å²) in [6, 6.07) is 13.4. The van der Waals surface area contributed by atoms with Crippen LogP contribution in [0.15, 0.2) is 53.4 Å². The molecule has 2 aromatic rings. The number of sulfonamides is 1. The Labute approximate surface area is 140 Å². The molecular formula is C15H15Cl2NO3S. The highest BCUT2D eigenvalue weighted by Crippen LogP contribution is 2.26. The zero-order chi connectivity index (χ0) is 16.2. The number of likely N-dealkylation sites (N-methyl/N-ethyl adjacent to an activating group) is 1. The van der Waals surface area contributed by atoms with E-state index in [9.17, 15) is 8.42 Å². The van der Waals surface area contributed by atoms with Gasteiger partial charge in [-0.05, 0) is 30.3 Å². The highest BCUT2D eigenvalue weighted by atomic mass is 35.5. The van der Waals surface area contributed by atoms with Gasteiger partial charge in [-0.15, -0.1) is 0 Å². The minimum Gasteiger partial charge on any atom is -0.492 e. The molecule has 0 saturated carbocycles. The van der Waals surface area contributed by atoms with Crippen LogP contribution in [-0.2, 0) is 10.0 Å². The molecule has 7 heteroatoms. The van der Waals surface area contributed by atoms with Gasteiger partial charge in [-0.2, -0.15) is 4.31 Å². The van der Waals surface area contributed by atoms with Crippen LogP contribution in [0, 0.1) is 0 Å². The molecule has 0 unspecified atom stereocenters. The number of hydrogen-bond acceptors (Lipinski definition) is 3. The summed E-state index contributed by atoms with van der Waals surface area (Å²) < 4.78 is 31.5. The standard InChI is InChI=1S/C15H15Cl2NO3S/c1-18(9-10-21-12-5-3-2-4-6-12)22(19,20)13-7-8-14(16)15(17)11-13/h2-8,11H,9-10H2,1H3. The largest absolute Gasteiger partial charge is 0.492 e. The van der Waals surface area contributed by atoms with E-state index in [0.717, 1.165) is 0 Å². The lowest BCUT2D eigenvalue weighted by Crippen LogP contribution is -2.31. The molecule has 0 radical (unpaired) electrons. The van der Waals surface area contributed by atoms with Gasteiger partial charge in [0.15, 0.2) is 0 Å². The van der Waals surface area contributed by atoms with Crippen molar-refractivity contribution in [3.63, 3.8) is 0 Å². The third-order valence-electron chi connectivity index (χ3n) is 3.02. The molecule has 0 heterocycles. The smallest absolute Gasteiger partial charge is 0.242 e. The fourth-order valence-electron chi connectivity index (χ4n) is 1.75. The summed E-state index contributed by atoms with van der Waals surface area (Å²) in [5.74, 6) is 0.697. The third-order valence-corrected chi connectivity index (χ3v) is 5.61. The lowest BCUT2D eigenvalue weighted by Gasteiger charge is -2.17. The van der Waals surface area contributed by atoms with E-state index in [4.69, 9.17) is 27.9 Å². The van der Waals surface area contributed by atoms with E-state index in [2.05, 4.69) is 0 Å². The summed E-state index contributed by atoms with van der Waals surface area (Å²) in [6.07, 6.45) is 0. The summed E-state index contributed by atoms with van der Waals surface area (Å²) >= 11 is 11.7.